The molecule has 0 saturated carbocycles. The van der Waals surface area contributed by atoms with Gasteiger partial charge in [-0.25, -0.2) is 4.98 Å². The van der Waals surface area contributed by atoms with E-state index in [4.69, 9.17) is 11.6 Å². The molecule has 0 atom stereocenters. The van der Waals surface area contributed by atoms with Crippen LogP contribution < -0.4 is 10.2 Å². The maximum absolute atomic E-state index is 13.2. The fraction of sp³-hybridized carbons (Fsp3) is 0.318. The lowest BCUT2D eigenvalue weighted by Crippen LogP contribution is -2.35. The van der Waals surface area contributed by atoms with Crippen molar-refractivity contribution in [1.29, 1.82) is 0 Å². The molecule has 4 rings (SSSR count). The molecule has 3 aromatic rings. The predicted octanol–water partition coefficient (Wildman–Crippen LogP) is 5.08. The van der Waals surface area contributed by atoms with Crippen molar-refractivity contribution in [3.05, 3.63) is 62.4 Å². The minimum atomic E-state index is -0.282. The molecule has 2 amide bonds. The predicted molar refractivity (Wildman–Crippen MR) is 128 cm³/mol. The smallest absolute Gasteiger partial charge is 0.264 e. The third kappa shape index (κ3) is 4.92. The molecule has 3 heterocycles. The Morgan fingerprint density at radius 1 is 1.13 bits per heavy atom. The number of benzene rings is 1. The van der Waals surface area contributed by atoms with Crippen LogP contribution in [0.5, 0.6) is 0 Å². The Kier molecular flexibility index (Phi) is 6.60. The van der Waals surface area contributed by atoms with Gasteiger partial charge in [0.1, 0.15) is 0 Å². The van der Waals surface area contributed by atoms with Gasteiger partial charge in [-0.05, 0) is 44.0 Å². The third-order valence-electron chi connectivity index (χ3n) is 5.13. The van der Waals surface area contributed by atoms with Crippen molar-refractivity contribution in [1.82, 2.24) is 9.88 Å². The number of carbonyl (C=O) groups is 2. The number of halogens is 1. The van der Waals surface area contributed by atoms with E-state index in [0.29, 0.717) is 33.6 Å². The highest BCUT2D eigenvalue weighted by molar-refractivity contribution is 7.18. The Balaban J connectivity index is 1.44. The molecule has 31 heavy (non-hydrogen) atoms. The molecule has 1 N–H and O–H groups in total. The summed E-state index contributed by atoms with van der Waals surface area (Å²) in [7, 11) is 0. The Morgan fingerprint density at radius 2 is 1.94 bits per heavy atom. The van der Waals surface area contributed by atoms with E-state index in [9.17, 15) is 9.59 Å². The molecule has 1 saturated heterocycles. The van der Waals surface area contributed by atoms with Gasteiger partial charge in [0.05, 0.1) is 26.2 Å². The summed E-state index contributed by atoms with van der Waals surface area (Å²) in [5.41, 5.74) is 2.30. The maximum atomic E-state index is 13.2. The molecule has 0 unspecified atom stereocenters. The van der Waals surface area contributed by atoms with E-state index in [0.717, 1.165) is 35.9 Å². The van der Waals surface area contributed by atoms with Crippen LogP contribution in [-0.4, -0.2) is 47.9 Å². The molecule has 0 radical (unpaired) electrons. The van der Waals surface area contributed by atoms with Crippen LogP contribution in [0.4, 0.5) is 10.1 Å². The van der Waals surface area contributed by atoms with Gasteiger partial charge in [0, 0.05) is 31.6 Å². The number of aromatic nitrogens is 1. The molecule has 6 nitrogen and oxygen atoms in total. The normalized spacial score (nSPS) is 14.4. The number of nitrogens with one attached hydrogen (secondary N) is 1. The largest absolute Gasteiger partial charge is 0.346 e. The highest BCUT2D eigenvalue weighted by Gasteiger charge is 2.24. The molecule has 9 heteroatoms. The number of thiophene rings is 1. The van der Waals surface area contributed by atoms with Gasteiger partial charge in [0.25, 0.3) is 11.8 Å². The average molecular weight is 475 g/mol. The highest BCUT2D eigenvalue weighted by Crippen LogP contribution is 2.30. The SMILES string of the molecule is Cc1csc(N2CCCN(C(=O)c3sc(NC(=O)c4ccccc4Cl)cc3C)CC2)n1. The molecule has 0 spiro atoms. The summed E-state index contributed by atoms with van der Waals surface area (Å²) in [6.07, 6.45) is 0.894. The number of rotatable bonds is 4. The number of aryl methyl sites for hydroxylation is 2. The monoisotopic (exact) mass is 474 g/mol. The summed E-state index contributed by atoms with van der Waals surface area (Å²) in [4.78, 5) is 35.2. The Bertz CT molecular complexity index is 1110. The topological polar surface area (TPSA) is 65.5 Å². The second-order valence-electron chi connectivity index (χ2n) is 7.46. The zero-order valence-electron chi connectivity index (χ0n) is 17.4. The number of hydrogen-bond donors (Lipinski definition) is 1. The van der Waals surface area contributed by atoms with E-state index in [1.54, 1.807) is 35.6 Å². The fourth-order valence-corrected chi connectivity index (χ4v) is 5.64. The van der Waals surface area contributed by atoms with Gasteiger partial charge < -0.3 is 15.1 Å². The molecule has 1 aliphatic heterocycles. The van der Waals surface area contributed by atoms with Crippen LogP contribution in [0.15, 0.2) is 35.7 Å². The van der Waals surface area contributed by atoms with E-state index in [-0.39, 0.29) is 11.8 Å². The second kappa shape index (κ2) is 9.38. The first-order chi connectivity index (χ1) is 14.9. The van der Waals surface area contributed by atoms with Crippen LogP contribution in [0.2, 0.25) is 5.02 Å². The zero-order valence-corrected chi connectivity index (χ0v) is 19.7. The van der Waals surface area contributed by atoms with E-state index in [2.05, 4.69) is 20.6 Å². The fourth-order valence-electron chi connectivity index (χ4n) is 3.52. The van der Waals surface area contributed by atoms with E-state index in [1.807, 2.05) is 24.8 Å². The summed E-state index contributed by atoms with van der Waals surface area (Å²) < 4.78 is 0. The molecule has 0 aliphatic carbocycles. The summed E-state index contributed by atoms with van der Waals surface area (Å²) in [6.45, 7) is 6.90. The number of thiazole rings is 1. The second-order valence-corrected chi connectivity index (χ2v) is 9.76. The number of hydrogen-bond acceptors (Lipinski definition) is 6. The molecular formula is C22H23ClN4O2S2. The van der Waals surface area contributed by atoms with Crippen molar-refractivity contribution in [2.45, 2.75) is 20.3 Å². The Labute approximate surface area is 194 Å². The quantitative estimate of drug-likeness (QED) is 0.572. The lowest BCUT2D eigenvalue weighted by Gasteiger charge is -2.21. The van der Waals surface area contributed by atoms with Crippen molar-refractivity contribution in [3.63, 3.8) is 0 Å². The van der Waals surface area contributed by atoms with E-state index in [1.165, 1.54) is 11.3 Å². The number of carbonyl (C=O) groups excluding carboxylic acids is 2. The number of nitrogens with zero attached hydrogens (tertiary/aromatic N) is 3. The van der Waals surface area contributed by atoms with Gasteiger partial charge in [-0.3, -0.25) is 9.59 Å². The van der Waals surface area contributed by atoms with Crippen LogP contribution in [-0.2, 0) is 0 Å². The van der Waals surface area contributed by atoms with Crippen LogP contribution in [0.25, 0.3) is 0 Å². The molecular weight excluding hydrogens is 452 g/mol. The standard InChI is InChI=1S/C22H23ClN4O2S2/c1-14-12-18(25-20(28)16-6-3-4-7-17(16)23)31-19(14)21(29)26-8-5-9-27(11-10-26)22-24-15(2)13-30-22/h3-4,6-7,12-13H,5,8-11H2,1-2H3,(H,25,28). The molecule has 1 aliphatic rings. The Morgan fingerprint density at radius 3 is 2.68 bits per heavy atom. The zero-order chi connectivity index (χ0) is 22.0. The van der Waals surface area contributed by atoms with Gasteiger partial charge in [-0.1, -0.05) is 23.7 Å². The number of amides is 2. The minimum Gasteiger partial charge on any atom is -0.346 e. The van der Waals surface area contributed by atoms with Crippen LogP contribution in [0, 0.1) is 13.8 Å². The summed E-state index contributed by atoms with van der Waals surface area (Å²) >= 11 is 9.07. The van der Waals surface area contributed by atoms with Crippen LogP contribution in [0.3, 0.4) is 0 Å². The van der Waals surface area contributed by atoms with Gasteiger partial charge in [0.2, 0.25) is 0 Å². The number of anilines is 2. The first-order valence-electron chi connectivity index (χ1n) is 10.0. The van der Waals surface area contributed by atoms with Crippen molar-refractivity contribution >= 4 is 56.2 Å². The molecule has 1 fully saturated rings. The molecule has 1 aromatic carbocycles. The van der Waals surface area contributed by atoms with Crippen molar-refractivity contribution < 1.29 is 9.59 Å². The lowest BCUT2D eigenvalue weighted by atomic mass is 10.2. The summed E-state index contributed by atoms with van der Waals surface area (Å²) in [5, 5.41) is 6.98. The van der Waals surface area contributed by atoms with E-state index < -0.39 is 0 Å². The van der Waals surface area contributed by atoms with Crippen LogP contribution >= 0.6 is 34.3 Å². The average Bonchev–Trinajstić information content (AvgIpc) is 3.24. The lowest BCUT2D eigenvalue weighted by molar-refractivity contribution is 0.0771. The summed E-state index contributed by atoms with van der Waals surface area (Å²) in [6, 6.07) is 8.75. The van der Waals surface area contributed by atoms with Gasteiger partial charge >= 0.3 is 0 Å². The van der Waals surface area contributed by atoms with Crippen molar-refractivity contribution in [3.8, 4) is 0 Å². The van der Waals surface area contributed by atoms with Gasteiger partial charge in [-0.15, -0.1) is 22.7 Å². The molecule has 2 aromatic heterocycles. The van der Waals surface area contributed by atoms with Crippen LogP contribution in [0.1, 0.15) is 37.7 Å². The summed E-state index contributed by atoms with van der Waals surface area (Å²) in [5.74, 6) is -0.270. The highest BCUT2D eigenvalue weighted by atomic mass is 35.5. The first kappa shape index (κ1) is 21.8. The molecule has 0 bridgehead atoms. The minimum absolute atomic E-state index is 0.0120. The first-order valence-corrected chi connectivity index (χ1v) is 12.1. The molecule has 162 valence electrons. The van der Waals surface area contributed by atoms with E-state index >= 15 is 0 Å². The maximum Gasteiger partial charge on any atom is 0.264 e. The Hall–Kier alpha value is -2.42. The third-order valence-corrected chi connectivity index (χ3v) is 7.62. The van der Waals surface area contributed by atoms with Crippen molar-refractivity contribution in [2.75, 3.05) is 36.4 Å². The van der Waals surface area contributed by atoms with Crippen molar-refractivity contribution in [2.24, 2.45) is 0 Å². The van der Waals surface area contributed by atoms with Gasteiger partial charge in [-0.2, -0.15) is 0 Å². The van der Waals surface area contributed by atoms with Gasteiger partial charge in [0.15, 0.2) is 5.13 Å².